The van der Waals surface area contributed by atoms with E-state index in [1.165, 1.54) is 25.1 Å². The number of nitrogens with one attached hydrogen (secondary N) is 1. The third-order valence-corrected chi connectivity index (χ3v) is 3.14. The highest BCUT2D eigenvalue weighted by Crippen LogP contribution is 2.24. The number of carbonyl (C=O) groups is 1. The second kappa shape index (κ2) is 7.78. The molecule has 25 heavy (non-hydrogen) atoms. The van der Waals surface area contributed by atoms with E-state index < -0.39 is 18.4 Å². The number of alkyl halides is 3. The highest BCUT2D eigenvalue weighted by molar-refractivity contribution is 5.72. The first-order chi connectivity index (χ1) is 11.7. The molecule has 0 aliphatic rings. The Bertz CT molecular complexity index is 717. The molecule has 2 aromatic carbocycles. The zero-order valence-electron chi connectivity index (χ0n) is 13.2. The van der Waals surface area contributed by atoms with E-state index in [4.69, 9.17) is 9.84 Å². The van der Waals surface area contributed by atoms with E-state index in [1.54, 1.807) is 30.3 Å². The molecule has 0 spiro atoms. The van der Waals surface area contributed by atoms with Crippen molar-refractivity contribution in [3.8, 4) is 11.5 Å². The quantitative estimate of drug-likeness (QED) is 0.784. The van der Waals surface area contributed by atoms with Crippen LogP contribution in [0.4, 0.5) is 18.9 Å². The number of benzene rings is 2. The summed E-state index contributed by atoms with van der Waals surface area (Å²) in [5.41, 5.74) is 1.32. The van der Waals surface area contributed by atoms with Gasteiger partial charge >= 0.3 is 12.3 Å². The Morgan fingerprint density at radius 2 is 1.84 bits per heavy atom. The lowest BCUT2D eigenvalue weighted by atomic mass is 10.2. The summed E-state index contributed by atoms with van der Waals surface area (Å²) in [5.74, 6) is -0.942. The predicted octanol–water partition coefficient (Wildman–Crippen LogP) is 4.05. The predicted molar refractivity (Wildman–Crippen MR) is 84.6 cm³/mol. The summed E-state index contributed by atoms with van der Waals surface area (Å²) >= 11 is 0. The van der Waals surface area contributed by atoms with Crippen LogP contribution < -0.4 is 14.8 Å². The third-order valence-electron chi connectivity index (χ3n) is 3.14. The van der Waals surface area contributed by atoms with Gasteiger partial charge in [-0.1, -0.05) is 12.1 Å². The van der Waals surface area contributed by atoms with Gasteiger partial charge in [0.2, 0.25) is 0 Å². The molecule has 2 N–H and O–H groups in total. The Balaban J connectivity index is 1.93. The van der Waals surface area contributed by atoms with E-state index in [9.17, 15) is 18.0 Å². The van der Waals surface area contributed by atoms with Crippen LogP contribution in [0.5, 0.6) is 11.5 Å². The summed E-state index contributed by atoms with van der Waals surface area (Å²) in [4.78, 5) is 10.7. The van der Waals surface area contributed by atoms with Crippen molar-refractivity contribution >= 4 is 11.7 Å². The van der Waals surface area contributed by atoms with Gasteiger partial charge in [0.05, 0.1) is 0 Å². The van der Waals surface area contributed by atoms with Crippen LogP contribution in [-0.2, 0) is 11.3 Å². The van der Waals surface area contributed by atoms with Gasteiger partial charge in [-0.3, -0.25) is 0 Å². The molecule has 0 saturated carbocycles. The summed E-state index contributed by atoms with van der Waals surface area (Å²) in [7, 11) is 0. The highest BCUT2D eigenvalue weighted by Gasteiger charge is 2.31. The first kappa shape index (κ1) is 18.4. The largest absolute Gasteiger partial charge is 0.573 e. The van der Waals surface area contributed by atoms with Crippen molar-refractivity contribution in [2.45, 2.75) is 25.9 Å². The zero-order valence-corrected chi connectivity index (χ0v) is 13.2. The van der Waals surface area contributed by atoms with Gasteiger partial charge in [0.1, 0.15) is 11.5 Å². The minimum absolute atomic E-state index is 0.279. The van der Waals surface area contributed by atoms with Crippen LogP contribution in [-0.4, -0.2) is 23.5 Å². The Kier molecular flexibility index (Phi) is 5.74. The van der Waals surface area contributed by atoms with Crippen molar-refractivity contribution in [3.05, 3.63) is 54.1 Å². The number of anilines is 1. The summed E-state index contributed by atoms with van der Waals surface area (Å²) in [6, 6.07) is 12.2. The first-order valence-electron chi connectivity index (χ1n) is 7.31. The second-order valence-electron chi connectivity index (χ2n) is 5.17. The van der Waals surface area contributed by atoms with Gasteiger partial charge in [0.25, 0.3) is 0 Å². The number of carboxylic acid groups (broad SMARTS) is 1. The Labute approximate surface area is 142 Å². The van der Waals surface area contributed by atoms with Gasteiger partial charge in [-0.05, 0) is 48.9 Å². The summed E-state index contributed by atoms with van der Waals surface area (Å²) in [6.07, 6.45) is -5.69. The van der Waals surface area contributed by atoms with Gasteiger partial charge < -0.3 is 19.9 Å². The maximum absolute atomic E-state index is 12.2. The lowest BCUT2D eigenvalue weighted by Crippen LogP contribution is -2.22. The summed E-state index contributed by atoms with van der Waals surface area (Å²) < 4.78 is 45.7. The second-order valence-corrected chi connectivity index (χ2v) is 5.17. The number of halogens is 3. The van der Waals surface area contributed by atoms with Crippen molar-refractivity contribution in [1.82, 2.24) is 0 Å². The number of carboxylic acids is 1. The van der Waals surface area contributed by atoms with E-state index in [1.807, 2.05) is 0 Å². The van der Waals surface area contributed by atoms with Crippen molar-refractivity contribution < 1.29 is 32.5 Å². The molecule has 5 nitrogen and oxygen atoms in total. The number of hydrogen-bond donors (Lipinski definition) is 2. The number of ether oxygens (including phenoxy) is 2. The molecule has 0 aliphatic heterocycles. The fourth-order valence-corrected chi connectivity index (χ4v) is 1.96. The molecule has 2 aromatic rings. The minimum atomic E-state index is -4.73. The van der Waals surface area contributed by atoms with Crippen LogP contribution in [0.3, 0.4) is 0 Å². The van der Waals surface area contributed by atoms with E-state index in [0.717, 1.165) is 0 Å². The molecule has 8 heteroatoms. The average molecular weight is 355 g/mol. The van der Waals surface area contributed by atoms with Gasteiger partial charge in [-0.2, -0.15) is 0 Å². The molecule has 0 saturated heterocycles. The SMILES string of the molecule is CC(Oc1ccc(NCc2cccc(OC(F)(F)F)c2)cc1)C(=O)O. The van der Waals surface area contributed by atoms with Crippen molar-refractivity contribution in [3.63, 3.8) is 0 Å². The minimum Gasteiger partial charge on any atom is -0.479 e. The molecular formula is C17H16F3NO4. The molecule has 0 aliphatic carbocycles. The summed E-state index contributed by atoms with van der Waals surface area (Å²) in [5, 5.41) is 11.8. The van der Waals surface area contributed by atoms with E-state index in [2.05, 4.69) is 10.1 Å². The molecule has 0 heterocycles. The lowest BCUT2D eigenvalue weighted by Gasteiger charge is -2.12. The topological polar surface area (TPSA) is 67.8 Å². The third kappa shape index (κ3) is 6.25. The highest BCUT2D eigenvalue weighted by atomic mass is 19.4. The first-order valence-corrected chi connectivity index (χ1v) is 7.31. The standard InChI is InChI=1S/C17H16F3NO4/c1-11(16(22)23)24-14-7-5-13(6-8-14)21-10-12-3-2-4-15(9-12)25-17(18,19)20/h2-9,11,21H,10H2,1H3,(H,22,23). The van der Waals surface area contributed by atoms with Gasteiger partial charge in [0, 0.05) is 12.2 Å². The van der Waals surface area contributed by atoms with Crippen molar-refractivity contribution in [1.29, 1.82) is 0 Å². The lowest BCUT2D eigenvalue weighted by molar-refractivity contribution is -0.274. The summed E-state index contributed by atoms with van der Waals surface area (Å²) in [6.45, 7) is 1.71. The molecule has 0 bridgehead atoms. The normalized spacial score (nSPS) is 12.3. The molecule has 134 valence electrons. The van der Waals surface area contributed by atoms with Gasteiger partial charge in [-0.15, -0.1) is 13.2 Å². The molecule has 0 radical (unpaired) electrons. The average Bonchev–Trinajstić information content (AvgIpc) is 2.53. The van der Waals surface area contributed by atoms with Crippen LogP contribution in [0.25, 0.3) is 0 Å². The molecule has 2 rings (SSSR count). The van der Waals surface area contributed by atoms with Gasteiger partial charge in [-0.25, -0.2) is 4.79 Å². The van der Waals surface area contributed by atoms with Crippen LogP contribution in [0.2, 0.25) is 0 Å². The van der Waals surface area contributed by atoms with Crippen LogP contribution in [0.15, 0.2) is 48.5 Å². The van der Waals surface area contributed by atoms with E-state index >= 15 is 0 Å². The fourth-order valence-electron chi connectivity index (χ4n) is 1.96. The maximum Gasteiger partial charge on any atom is 0.573 e. The molecule has 1 atom stereocenters. The number of aliphatic carboxylic acids is 1. The zero-order chi connectivity index (χ0) is 18.4. The molecule has 0 aromatic heterocycles. The molecular weight excluding hydrogens is 339 g/mol. The van der Waals surface area contributed by atoms with Crippen LogP contribution >= 0.6 is 0 Å². The van der Waals surface area contributed by atoms with E-state index in [-0.39, 0.29) is 5.75 Å². The number of hydrogen-bond acceptors (Lipinski definition) is 4. The molecule has 0 fully saturated rings. The number of rotatable bonds is 7. The Hall–Kier alpha value is -2.90. The van der Waals surface area contributed by atoms with Crippen molar-refractivity contribution in [2.24, 2.45) is 0 Å². The monoisotopic (exact) mass is 355 g/mol. The molecule has 0 amide bonds. The van der Waals surface area contributed by atoms with E-state index in [0.29, 0.717) is 23.5 Å². The Morgan fingerprint density at radius 1 is 1.16 bits per heavy atom. The van der Waals surface area contributed by atoms with Crippen LogP contribution in [0, 0.1) is 0 Å². The van der Waals surface area contributed by atoms with Crippen LogP contribution in [0.1, 0.15) is 12.5 Å². The smallest absolute Gasteiger partial charge is 0.479 e. The maximum atomic E-state index is 12.2. The van der Waals surface area contributed by atoms with Crippen molar-refractivity contribution in [2.75, 3.05) is 5.32 Å². The van der Waals surface area contributed by atoms with Gasteiger partial charge in [0.15, 0.2) is 6.10 Å². The Morgan fingerprint density at radius 3 is 2.44 bits per heavy atom. The molecule has 1 unspecified atom stereocenters. The fraction of sp³-hybridized carbons (Fsp3) is 0.235.